The zero-order valence-electron chi connectivity index (χ0n) is 8.85. The van der Waals surface area contributed by atoms with Gasteiger partial charge in [0.1, 0.15) is 0 Å². The Morgan fingerprint density at radius 3 is 1.65 bits per heavy atom. The maximum atomic E-state index is 12.1. The molecule has 0 saturated carbocycles. The largest absolute Gasteiger partial charge is 0.403 e. The lowest BCUT2D eigenvalue weighted by molar-refractivity contribution is -0.306. The normalized spacial score (nSPS) is 15.4. The van der Waals surface area contributed by atoms with Crippen molar-refractivity contribution < 1.29 is 36.6 Å². The second kappa shape index (κ2) is 6.44. The van der Waals surface area contributed by atoms with E-state index in [1.807, 2.05) is 0 Å². The van der Waals surface area contributed by atoms with Gasteiger partial charge in [-0.25, -0.2) is 0 Å². The van der Waals surface area contributed by atoms with Crippen molar-refractivity contribution >= 4 is 0 Å². The first-order valence-electron chi connectivity index (χ1n) is 5.03. The first-order valence-corrected chi connectivity index (χ1v) is 5.03. The van der Waals surface area contributed by atoms with Gasteiger partial charge in [0, 0.05) is 6.61 Å². The average molecular weight is 268 g/mol. The first kappa shape index (κ1) is 16.5. The summed E-state index contributed by atoms with van der Waals surface area (Å²) in [6, 6.07) is 0. The van der Waals surface area contributed by atoms with E-state index < -0.39 is 30.8 Å². The molecule has 1 atom stereocenters. The topological polar surface area (TPSA) is 40.5 Å². The van der Waals surface area contributed by atoms with Gasteiger partial charge < -0.3 is 10.2 Å². The molecule has 0 amide bonds. The molecule has 0 rings (SSSR count). The van der Waals surface area contributed by atoms with Crippen LogP contribution in [-0.2, 0) is 0 Å². The molecule has 0 bridgehead atoms. The SMILES string of the molecule is OCCCCCC(O)C(C(F)(F)F)C(F)(F)F. The summed E-state index contributed by atoms with van der Waals surface area (Å²) in [7, 11) is 0. The van der Waals surface area contributed by atoms with Gasteiger partial charge in [-0.3, -0.25) is 0 Å². The van der Waals surface area contributed by atoms with Gasteiger partial charge in [0.25, 0.3) is 0 Å². The van der Waals surface area contributed by atoms with Crippen molar-refractivity contribution in [3.63, 3.8) is 0 Å². The van der Waals surface area contributed by atoms with Crippen LogP contribution in [0.2, 0.25) is 0 Å². The summed E-state index contributed by atoms with van der Waals surface area (Å²) in [5, 5.41) is 17.4. The molecule has 0 heterocycles. The molecular weight excluding hydrogens is 254 g/mol. The molecule has 8 heteroatoms. The summed E-state index contributed by atoms with van der Waals surface area (Å²) in [4.78, 5) is 0. The van der Waals surface area contributed by atoms with Crippen LogP contribution in [0.3, 0.4) is 0 Å². The molecule has 0 fully saturated rings. The molecule has 2 nitrogen and oxygen atoms in total. The van der Waals surface area contributed by atoms with Gasteiger partial charge in [-0.1, -0.05) is 12.8 Å². The van der Waals surface area contributed by atoms with Gasteiger partial charge in [-0.2, -0.15) is 26.3 Å². The van der Waals surface area contributed by atoms with E-state index in [0.717, 1.165) is 0 Å². The number of aliphatic hydroxyl groups excluding tert-OH is 2. The van der Waals surface area contributed by atoms with E-state index in [2.05, 4.69) is 0 Å². The van der Waals surface area contributed by atoms with Gasteiger partial charge in [-0.15, -0.1) is 0 Å². The summed E-state index contributed by atoms with van der Waals surface area (Å²) in [6.45, 7) is -0.182. The molecule has 17 heavy (non-hydrogen) atoms. The van der Waals surface area contributed by atoms with Gasteiger partial charge >= 0.3 is 12.4 Å². The minimum atomic E-state index is -5.51. The average Bonchev–Trinajstić information content (AvgIpc) is 2.07. The molecule has 0 aromatic heterocycles. The van der Waals surface area contributed by atoms with Crippen molar-refractivity contribution in [1.29, 1.82) is 0 Å². The Labute approximate surface area is 94.2 Å². The van der Waals surface area contributed by atoms with E-state index in [-0.39, 0.29) is 25.9 Å². The van der Waals surface area contributed by atoms with Gasteiger partial charge in [0.2, 0.25) is 0 Å². The zero-order valence-corrected chi connectivity index (χ0v) is 8.85. The fourth-order valence-corrected chi connectivity index (χ4v) is 1.43. The van der Waals surface area contributed by atoms with Crippen LogP contribution in [0.1, 0.15) is 25.7 Å². The third-order valence-corrected chi connectivity index (χ3v) is 2.25. The molecular formula is C9H14F6O2. The third kappa shape index (κ3) is 6.11. The van der Waals surface area contributed by atoms with Crippen molar-refractivity contribution in [2.24, 2.45) is 5.92 Å². The third-order valence-electron chi connectivity index (χ3n) is 2.25. The lowest BCUT2D eigenvalue weighted by Gasteiger charge is -2.27. The molecule has 1 unspecified atom stereocenters. The fourth-order valence-electron chi connectivity index (χ4n) is 1.43. The number of alkyl halides is 6. The van der Waals surface area contributed by atoms with Crippen molar-refractivity contribution in [2.45, 2.75) is 44.1 Å². The number of rotatable bonds is 6. The summed E-state index contributed by atoms with van der Waals surface area (Å²) < 4.78 is 72.7. The second-order valence-electron chi connectivity index (χ2n) is 3.70. The molecule has 0 aromatic rings. The maximum absolute atomic E-state index is 12.1. The molecule has 0 spiro atoms. The molecule has 104 valence electrons. The molecule has 0 aromatic carbocycles. The summed E-state index contributed by atoms with van der Waals surface area (Å²) in [5.74, 6) is -3.70. The highest BCUT2D eigenvalue weighted by Crippen LogP contribution is 2.42. The van der Waals surface area contributed by atoms with Gasteiger partial charge in [0.15, 0.2) is 5.92 Å². The summed E-state index contributed by atoms with van der Waals surface area (Å²) in [6.07, 6.45) is -13.5. The van der Waals surface area contributed by atoms with Gasteiger partial charge in [0.05, 0.1) is 6.10 Å². The lowest BCUT2D eigenvalue weighted by atomic mass is 9.96. The first-order chi connectivity index (χ1) is 7.60. The van der Waals surface area contributed by atoms with Crippen LogP contribution in [0, 0.1) is 5.92 Å². The van der Waals surface area contributed by atoms with Crippen LogP contribution in [0.15, 0.2) is 0 Å². The predicted molar refractivity (Wildman–Crippen MR) is 47.2 cm³/mol. The second-order valence-corrected chi connectivity index (χ2v) is 3.70. The van der Waals surface area contributed by atoms with Crippen LogP contribution < -0.4 is 0 Å². The van der Waals surface area contributed by atoms with E-state index in [0.29, 0.717) is 0 Å². The quantitative estimate of drug-likeness (QED) is 0.574. The van der Waals surface area contributed by atoms with Crippen molar-refractivity contribution in [2.75, 3.05) is 6.61 Å². The highest BCUT2D eigenvalue weighted by atomic mass is 19.4. The Hall–Kier alpha value is -0.500. The van der Waals surface area contributed by atoms with Crippen molar-refractivity contribution in [3.05, 3.63) is 0 Å². The smallest absolute Gasteiger partial charge is 0.396 e. The van der Waals surface area contributed by atoms with Gasteiger partial charge in [-0.05, 0) is 12.8 Å². The van der Waals surface area contributed by atoms with Crippen LogP contribution in [0.25, 0.3) is 0 Å². The number of hydrogen-bond donors (Lipinski definition) is 2. The molecule has 0 saturated heterocycles. The van der Waals surface area contributed by atoms with Crippen LogP contribution in [0.4, 0.5) is 26.3 Å². The Morgan fingerprint density at radius 2 is 1.29 bits per heavy atom. The fraction of sp³-hybridized carbons (Fsp3) is 1.00. The van der Waals surface area contributed by atoms with E-state index in [1.165, 1.54) is 0 Å². The minimum absolute atomic E-state index is 0.00435. The maximum Gasteiger partial charge on any atom is 0.403 e. The predicted octanol–water partition coefficient (Wildman–Crippen LogP) is 2.64. The number of hydrogen-bond acceptors (Lipinski definition) is 2. The molecule has 0 aliphatic heterocycles. The van der Waals surface area contributed by atoms with Crippen LogP contribution in [-0.4, -0.2) is 35.3 Å². The standard InChI is InChI=1S/C9H14F6O2/c10-8(11,12)7(9(13,14)15)6(17)4-2-1-3-5-16/h6-7,16-17H,1-5H2. The monoisotopic (exact) mass is 268 g/mol. The highest BCUT2D eigenvalue weighted by molar-refractivity contribution is 4.82. The van der Waals surface area contributed by atoms with Crippen LogP contribution in [0.5, 0.6) is 0 Å². The Bertz CT molecular complexity index is 199. The number of unbranched alkanes of at least 4 members (excludes halogenated alkanes) is 2. The molecule has 0 aliphatic rings. The number of aliphatic hydroxyl groups is 2. The highest BCUT2D eigenvalue weighted by Gasteiger charge is 2.59. The van der Waals surface area contributed by atoms with Crippen molar-refractivity contribution in [3.8, 4) is 0 Å². The molecule has 0 aliphatic carbocycles. The Kier molecular flexibility index (Phi) is 6.25. The lowest BCUT2D eigenvalue weighted by Crippen LogP contribution is -2.44. The molecule has 0 radical (unpaired) electrons. The van der Waals surface area contributed by atoms with Crippen LogP contribution >= 0.6 is 0 Å². The zero-order chi connectivity index (χ0) is 13.7. The summed E-state index contributed by atoms with van der Waals surface area (Å²) in [5.41, 5.74) is 0. The Morgan fingerprint density at radius 1 is 0.824 bits per heavy atom. The van der Waals surface area contributed by atoms with E-state index in [4.69, 9.17) is 10.2 Å². The minimum Gasteiger partial charge on any atom is -0.396 e. The van der Waals surface area contributed by atoms with E-state index in [9.17, 15) is 26.3 Å². The van der Waals surface area contributed by atoms with E-state index in [1.54, 1.807) is 0 Å². The van der Waals surface area contributed by atoms with Crippen molar-refractivity contribution in [1.82, 2.24) is 0 Å². The molecule has 2 N–H and O–H groups in total. The Balaban J connectivity index is 4.41. The number of halogens is 6. The van der Waals surface area contributed by atoms with E-state index >= 15 is 0 Å². The summed E-state index contributed by atoms with van der Waals surface area (Å²) >= 11 is 0.